The minimum Gasteiger partial charge on any atom is -0.339 e. The molecule has 0 amide bonds. The summed E-state index contributed by atoms with van der Waals surface area (Å²) < 4.78 is 5.34. The van der Waals surface area contributed by atoms with Gasteiger partial charge in [-0.25, -0.2) is 0 Å². The van der Waals surface area contributed by atoms with E-state index in [-0.39, 0.29) is 11.8 Å². The maximum Gasteiger partial charge on any atom is 0.231 e. The second-order valence-electron chi connectivity index (χ2n) is 6.07. The van der Waals surface area contributed by atoms with Crippen LogP contribution in [0, 0.1) is 23.2 Å². The summed E-state index contributed by atoms with van der Waals surface area (Å²) in [6.45, 7) is 2.26. The minimum absolute atomic E-state index is 0.105. The number of nitrogens with zero attached hydrogens (tertiary/aromatic N) is 3. The molecule has 1 aromatic heterocycles. The van der Waals surface area contributed by atoms with E-state index in [0.29, 0.717) is 11.8 Å². The average Bonchev–Trinajstić information content (AvgIpc) is 3.08. The Morgan fingerprint density at radius 2 is 2.11 bits per heavy atom. The average molecular weight is 259 g/mol. The summed E-state index contributed by atoms with van der Waals surface area (Å²) in [7, 11) is 0. The van der Waals surface area contributed by atoms with Gasteiger partial charge in [0.2, 0.25) is 5.89 Å². The van der Waals surface area contributed by atoms with Crippen molar-refractivity contribution in [2.75, 3.05) is 0 Å². The molecule has 2 saturated carbocycles. The molecule has 0 N–H and O–H groups in total. The van der Waals surface area contributed by atoms with E-state index in [9.17, 15) is 0 Å². The predicted octanol–water partition coefficient (Wildman–Crippen LogP) is 3.77. The molecule has 19 heavy (non-hydrogen) atoms. The first-order valence-electron chi connectivity index (χ1n) is 7.55. The van der Waals surface area contributed by atoms with Crippen molar-refractivity contribution in [2.24, 2.45) is 11.8 Å². The molecule has 0 aliphatic heterocycles. The summed E-state index contributed by atoms with van der Waals surface area (Å²) in [6.07, 6.45) is 8.52. The van der Waals surface area contributed by atoms with E-state index < -0.39 is 0 Å². The van der Waals surface area contributed by atoms with E-state index in [0.717, 1.165) is 18.2 Å². The fourth-order valence-corrected chi connectivity index (χ4v) is 3.29. The van der Waals surface area contributed by atoms with Crippen molar-refractivity contribution >= 4 is 0 Å². The monoisotopic (exact) mass is 259 g/mol. The van der Waals surface area contributed by atoms with E-state index in [2.05, 4.69) is 23.1 Å². The number of hydrogen-bond donors (Lipinski definition) is 0. The van der Waals surface area contributed by atoms with Crippen LogP contribution < -0.4 is 0 Å². The molecule has 0 bridgehead atoms. The van der Waals surface area contributed by atoms with Gasteiger partial charge in [0, 0.05) is 5.92 Å². The first-order chi connectivity index (χ1) is 9.31. The molecule has 4 nitrogen and oxygen atoms in total. The molecule has 2 aliphatic carbocycles. The molecule has 102 valence electrons. The Bertz CT molecular complexity index is 468. The number of aromatic nitrogens is 2. The quantitative estimate of drug-likeness (QED) is 0.825. The summed E-state index contributed by atoms with van der Waals surface area (Å²) in [4.78, 5) is 4.54. The Labute approximate surface area is 114 Å². The highest BCUT2D eigenvalue weighted by atomic mass is 16.5. The lowest BCUT2D eigenvalue weighted by atomic mass is 9.80. The van der Waals surface area contributed by atoms with Crippen molar-refractivity contribution in [3.8, 4) is 6.07 Å². The molecule has 1 aromatic rings. The molecule has 0 aromatic carbocycles. The second-order valence-corrected chi connectivity index (χ2v) is 6.07. The molecule has 2 unspecified atom stereocenters. The normalized spacial score (nSPS) is 33.9. The zero-order chi connectivity index (χ0) is 13.2. The maximum absolute atomic E-state index is 8.83. The van der Waals surface area contributed by atoms with Crippen LogP contribution in [-0.2, 0) is 0 Å². The van der Waals surface area contributed by atoms with Crippen molar-refractivity contribution < 1.29 is 4.52 Å². The molecule has 2 atom stereocenters. The van der Waals surface area contributed by atoms with Crippen molar-refractivity contribution in [2.45, 2.75) is 63.7 Å². The molecule has 0 radical (unpaired) electrons. The Balaban J connectivity index is 1.57. The van der Waals surface area contributed by atoms with E-state index in [1.54, 1.807) is 0 Å². The Kier molecular flexibility index (Phi) is 3.54. The summed E-state index contributed by atoms with van der Waals surface area (Å²) >= 11 is 0. The van der Waals surface area contributed by atoms with Gasteiger partial charge in [0.25, 0.3) is 0 Å². The molecule has 4 heteroatoms. The highest BCUT2D eigenvalue weighted by molar-refractivity contribution is 5.16. The molecular formula is C15H21N3O. The van der Waals surface area contributed by atoms with Crippen LogP contribution >= 0.6 is 0 Å². The smallest absolute Gasteiger partial charge is 0.231 e. The van der Waals surface area contributed by atoms with Crippen molar-refractivity contribution in [3.63, 3.8) is 0 Å². The lowest BCUT2D eigenvalue weighted by Crippen LogP contribution is -2.14. The van der Waals surface area contributed by atoms with E-state index >= 15 is 0 Å². The van der Waals surface area contributed by atoms with Crippen LogP contribution in [0.3, 0.4) is 0 Å². The maximum atomic E-state index is 8.83. The van der Waals surface area contributed by atoms with Crippen molar-refractivity contribution in [1.82, 2.24) is 10.1 Å². The van der Waals surface area contributed by atoms with Crippen LogP contribution in [0.1, 0.15) is 75.4 Å². The predicted molar refractivity (Wildman–Crippen MR) is 70.4 cm³/mol. The topological polar surface area (TPSA) is 62.7 Å². The van der Waals surface area contributed by atoms with Crippen LogP contribution in [0.5, 0.6) is 0 Å². The highest BCUT2D eigenvalue weighted by Crippen LogP contribution is 2.46. The standard InChI is InChI=1S/C15H21N3O/c1-2-3-10-4-6-11(7-5-10)14-17-15(19-18-14)13-8-12(13)9-16/h10-13H,2-8H2,1H3. The molecule has 1 heterocycles. The third kappa shape index (κ3) is 2.65. The Morgan fingerprint density at radius 3 is 2.74 bits per heavy atom. The third-order valence-electron chi connectivity index (χ3n) is 4.64. The summed E-state index contributed by atoms with van der Waals surface area (Å²) in [5, 5.41) is 13.0. The Hall–Kier alpha value is -1.37. The molecule has 2 aliphatic rings. The Morgan fingerprint density at radius 1 is 1.32 bits per heavy atom. The van der Waals surface area contributed by atoms with Crippen molar-refractivity contribution in [3.05, 3.63) is 11.7 Å². The van der Waals surface area contributed by atoms with Gasteiger partial charge in [-0.3, -0.25) is 0 Å². The van der Waals surface area contributed by atoms with Crippen LogP contribution in [0.2, 0.25) is 0 Å². The largest absolute Gasteiger partial charge is 0.339 e. The van der Waals surface area contributed by atoms with Gasteiger partial charge < -0.3 is 4.52 Å². The van der Waals surface area contributed by atoms with Gasteiger partial charge in [0.15, 0.2) is 5.82 Å². The first kappa shape index (κ1) is 12.7. The number of nitriles is 1. The summed E-state index contributed by atoms with van der Waals surface area (Å²) in [5.74, 6) is 3.27. The molecule has 0 saturated heterocycles. The van der Waals surface area contributed by atoms with Crippen molar-refractivity contribution in [1.29, 1.82) is 5.26 Å². The number of rotatable bonds is 4. The molecule has 0 spiro atoms. The van der Waals surface area contributed by atoms with Gasteiger partial charge in [-0.15, -0.1) is 0 Å². The van der Waals surface area contributed by atoms with E-state index in [1.165, 1.54) is 38.5 Å². The van der Waals surface area contributed by atoms with E-state index in [1.807, 2.05) is 0 Å². The van der Waals surface area contributed by atoms with Crippen LogP contribution in [0.15, 0.2) is 4.52 Å². The minimum atomic E-state index is 0.105. The van der Waals surface area contributed by atoms with Gasteiger partial charge >= 0.3 is 0 Å². The van der Waals surface area contributed by atoms with Gasteiger partial charge in [-0.2, -0.15) is 10.2 Å². The second kappa shape index (κ2) is 5.32. The van der Waals surface area contributed by atoms with Gasteiger partial charge in [-0.1, -0.05) is 24.9 Å². The SMILES string of the molecule is CCCC1CCC(c2noc(C3CC3C#N)n2)CC1. The zero-order valence-corrected chi connectivity index (χ0v) is 11.5. The summed E-state index contributed by atoms with van der Waals surface area (Å²) in [6, 6.07) is 2.27. The lowest BCUT2D eigenvalue weighted by Gasteiger charge is -2.26. The van der Waals surface area contributed by atoms with E-state index in [4.69, 9.17) is 9.78 Å². The lowest BCUT2D eigenvalue weighted by molar-refractivity contribution is 0.294. The van der Waals surface area contributed by atoms with Crippen LogP contribution in [0.4, 0.5) is 0 Å². The number of hydrogen-bond acceptors (Lipinski definition) is 4. The fraction of sp³-hybridized carbons (Fsp3) is 0.800. The molecule has 2 fully saturated rings. The highest BCUT2D eigenvalue weighted by Gasteiger charge is 2.43. The first-order valence-corrected chi connectivity index (χ1v) is 7.55. The third-order valence-corrected chi connectivity index (χ3v) is 4.64. The van der Waals surface area contributed by atoms with Gasteiger partial charge in [-0.05, 0) is 38.0 Å². The zero-order valence-electron chi connectivity index (χ0n) is 11.5. The van der Waals surface area contributed by atoms with Crippen LogP contribution in [-0.4, -0.2) is 10.1 Å². The molecule has 3 rings (SSSR count). The van der Waals surface area contributed by atoms with Gasteiger partial charge in [0.1, 0.15) is 0 Å². The van der Waals surface area contributed by atoms with Crippen LogP contribution in [0.25, 0.3) is 0 Å². The van der Waals surface area contributed by atoms with Gasteiger partial charge in [0.05, 0.1) is 17.9 Å². The fourth-order valence-electron chi connectivity index (χ4n) is 3.29. The summed E-state index contributed by atoms with van der Waals surface area (Å²) in [5.41, 5.74) is 0. The molecular weight excluding hydrogens is 238 g/mol.